The number of halogens is 1. The van der Waals surface area contributed by atoms with Crippen molar-refractivity contribution >= 4 is 23.2 Å². The fourth-order valence-electron chi connectivity index (χ4n) is 2.85. The molecule has 1 saturated heterocycles. The number of benzene rings is 1. The summed E-state index contributed by atoms with van der Waals surface area (Å²) in [6.45, 7) is 0.565. The molecule has 17 heavy (non-hydrogen) atoms. The van der Waals surface area contributed by atoms with Crippen LogP contribution in [0, 0.1) is 0 Å². The smallest absolute Gasteiger partial charge is 0.236 e. The van der Waals surface area contributed by atoms with Crippen LogP contribution in [0.3, 0.4) is 0 Å². The highest BCUT2D eigenvalue weighted by molar-refractivity contribution is 6.33. The summed E-state index contributed by atoms with van der Waals surface area (Å²) >= 11 is 6.21. The number of nitrogens with one attached hydrogen (secondary N) is 2. The Morgan fingerprint density at radius 2 is 2.35 bits per heavy atom. The molecule has 0 aromatic heterocycles. The average Bonchev–Trinajstić information content (AvgIpc) is 2.85. The van der Waals surface area contributed by atoms with E-state index in [2.05, 4.69) is 10.6 Å². The van der Waals surface area contributed by atoms with E-state index in [4.69, 9.17) is 11.6 Å². The van der Waals surface area contributed by atoms with Crippen molar-refractivity contribution < 1.29 is 9.90 Å². The minimum absolute atomic E-state index is 0.0240. The van der Waals surface area contributed by atoms with Gasteiger partial charge in [0, 0.05) is 28.9 Å². The molecule has 5 heteroatoms. The van der Waals surface area contributed by atoms with Gasteiger partial charge in [-0.15, -0.1) is 0 Å². The summed E-state index contributed by atoms with van der Waals surface area (Å²) in [6, 6.07) is 5.45. The van der Waals surface area contributed by atoms with E-state index in [9.17, 15) is 9.90 Å². The number of carbonyl (C=O) groups excluding carboxylic acids is 1. The first kappa shape index (κ1) is 11.0. The Hall–Kier alpha value is -1.10. The molecule has 2 aliphatic heterocycles. The van der Waals surface area contributed by atoms with Crippen molar-refractivity contribution in [3.8, 4) is 0 Å². The second kappa shape index (κ2) is 3.70. The third-order valence-electron chi connectivity index (χ3n) is 3.68. The number of aliphatic hydroxyl groups excluding tert-OH is 1. The minimum Gasteiger partial charge on any atom is -0.395 e. The Labute approximate surface area is 104 Å². The van der Waals surface area contributed by atoms with Gasteiger partial charge in [0.15, 0.2) is 0 Å². The van der Waals surface area contributed by atoms with Crippen LogP contribution < -0.4 is 10.6 Å². The maximum atomic E-state index is 12.2. The predicted molar refractivity (Wildman–Crippen MR) is 65.3 cm³/mol. The summed E-state index contributed by atoms with van der Waals surface area (Å²) in [7, 11) is 0. The van der Waals surface area contributed by atoms with Gasteiger partial charge in [-0.05, 0) is 18.6 Å². The summed E-state index contributed by atoms with van der Waals surface area (Å²) in [5.74, 6) is -0.0240. The summed E-state index contributed by atoms with van der Waals surface area (Å²) in [6.07, 6.45) is 0.589. The van der Waals surface area contributed by atoms with Crippen LogP contribution in [0.15, 0.2) is 18.2 Å². The van der Waals surface area contributed by atoms with Crippen LogP contribution >= 0.6 is 11.6 Å². The summed E-state index contributed by atoms with van der Waals surface area (Å²) in [5.41, 5.74) is 1.05. The van der Waals surface area contributed by atoms with Gasteiger partial charge in [0.2, 0.25) is 5.91 Å². The quantitative estimate of drug-likeness (QED) is 0.696. The van der Waals surface area contributed by atoms with E-state index in [0.29, 0.717) is 18.0 Å². The number of hydrogen-bond acceptors (Lipinski definition) is 3. The molecular weight excluding hydrogens is 240 g/mol. The van der Waals surface area contributed by atoms with Crippen LogP contribution in [-0.4, -0.2) is 30.2 Å². The van der Waals surface area contributed by atoms with Crippen LogP contribution in [0.4, 0.5) is 5.69 Å². The van der Waals surface area contributed by atoms with Gasteiger partial charge in [-0.25, -0.2) is 0 Å². The normalized spacial score (nSPS) is 30.7. The molecule has 0 radical (unpaired) electrons. The molecule has 0 aliphatic carbocycles. The molecular formula is C12H13ClN2O2. The molecule has 90 valence electrons. The molecule has 0 unspecified atom stereocenters. The number of fused-ring (bicyclic) bond motifs is 2. The number of amides is 1. The lowest BCUT2D eigenvalue weighted by Gasteiger charge is -2.21. The number of carbonyl (C=O) groups is 1. The first-order valence-electron chi connectivity index (χ1n) is 5.62. The van der Waals surface area contributed by atoms with E-state index in [1.165, 1.54) is 0 Å². The van der Waals surface area contributed by atoms with Gasteiger partial charge >= 0.3 is 0 Å². The van der Waals surface area contributed by atoms with Crippen molar-refractivity contribution in [2.24, 2.45) is 0 Å². The van der Waals surface area contributed by atoms with Crippen LogP contribution in [-0.2, 0) is 10.2 Å². The van der Waals surface area contributed by atoms with Crippen LogP contribution in [0.1, 0.15) is 12.0 Å². The van der Waals surface area contributed by atoms with Crippen molar-refractivity contribution in [3.05, 3.63) is 28.8 Å². The van der Waals surface area contributed by atoms with Crippen molar-refractivity contribution in [3.63, 3.8) is 0 Å². The zero-order valence-electron chi connectivity index (χ0n) is 9.16. The molecule has 1 fully saturated rings. The van der Waals surface area contributed by atoms with Crippen molar-refractivity contribution in [2.75, 3.05) is 18.5 Å². The molecule has 2 aliphatic rings. The van der Waals surface area contributed by atoms with E-state index in [-0.39, 0.29) is 18.6 Å². The highest BCUT2D eigenvalue weighted by Gasteiger charge is 2.52. The van der Waals surface area contributed by atoms with E-state index in [1.54, 1.807) is 6.07 Å². The first-order valence-corrected chi connectivity index (χ1v) is 6.00. The molecule has 1 amide bonds. The van der Waals surface area contributed by atoms with E-state index >= 15 is 0 Å². The van der Waals surface area contributed by atoms with Gasteiger partial charge < -0.3 is 15.7 Å². The monoisotopic (exact) mass is 252 g/mol. The van der Waals surface area contributed by atoms with Crippen LogP contribution in [0.2, 0.25) is 5.02 Å². The lowest BCUT2D eigenvalue weighted by Crippen LogP contribution is -2.36. The van der Waals surface area contributed by atoms with Gasteiger partial charge in [-0.3, -0.25) is 4.79 Å². The highest BCUT2D eigenvalue weighted by Crippen LogP contribution is 2.46. The third kappa shape index (κ3) is 1.41. The summed E-state index contributed by atoms with van der Waals surface area (Å²) in [4.78, 5) is 12.2. The molecule has 4 nitrogen and oxygen atoms in total. The SMILES string of the molecule is O=C1Nc2cccc(Cl)c2[C@]12CN[C@H](CO)C2. The molecule has 2 atom stereocenters. The number of hydrogen-bond donors (Lipinski definition) is 3. The van der Waals surface area contributed by atoms with Gasteiger partial charge in [0.25, 0.3) is 0 Å². The fraction of sp³-hybridized carbons (Fsp3) is 0.417. The van der Waals surface area contributed by atoms with Crippen molar-refractivity contribution in [1.82, 2.24) is 5.32 Å². The zero-order valence-corrected chi connectivity index (χ0v) is 9.92. The second-order valence-electron chi connectivity index (χ2n) is 4.66. The standard InChI is InChI=1S/C12H13ClN2O2/c13-8-2-1-3-9-10(8)12(11(17)15-9)4-7(5-16)14-6-12/h1-3,7,14,16H,4-6H2,(H,15,17)/t7-,12-/m0/s1. The second-order valence-corrected chi connectivity index (χ2v) is 5.07. The van der Waals surface area contributed by atoms with Gasteiger partial charge in [0.05, 0.1) is 12.0 Å². The Morgan fingerprint density at radius 3 is 3.06 bits per heavy atom. The van der Waals surface area contributed by atoms with Crippen LogP contribution in [0.5, 0.6) is 0 Å². The molecule has 3 rings (SSSR count). The molecule has 3 N–H and O–H groups in total. The molecule has 0 saturated carbocycles. The van der Waals surface area contributed by atoms with Crippen molar-refractivity contribution in [1.29, 1.82) is 0 Å². The van der Waals surface area contributed by atoms with Gasteiger partial charge in [0.1, 0.15) is 0 Å². The third-order valence-corrected chi connectivity index (χ3v) is 4.00. The zero-order chi connectivity index (χ0) is 12.0. The number of rotatable bonds is 1. The predicted octanol–water partition coefficient (Wildman–Crippen LogP) is 0.884. The minimum atomic E-state index is -0.610. The maximum Gasteiger partial charge on any atom is 0.236 e. The maximum absolute atomic E-state index is 12.2. The topological polar surface area (TPSA) is 61.4 Å². The highest BCUT2D eigenvalue weighted by atomic mass is 35.5. The Balaban J connectivity index is 2.11. The molecule has 1 aromatic rings. The lowest BCUT2D eigenvalue weighted by atomic mass is 9.79. The number of aliphatic hydroxyl groups is 1. The van der Waals surface area contributed by atoms with E-state index in [1.807, 2.05) is 12.1 Å². The van der Waals surface area contributed by atoms with E-state index < -0.39 is 5.41 Å². The van der Waals surface area contributed by atoms with Gasteiger partial charge in [-0.1, -0.05) is 17.7 Å². The Kier molecular flexibility index (Phi) is 2.40. The van der Waals surface area contributed by atoms with E-state index in [0.717, 1.165) is 11.3 Å². The summed E-state index contributed by atoms with van der Waals surface area (Å²) in [5, 5.41) is 15.8. The molecule has 0 bridgehead atoms. The summed E-state index contributed by atoms with van der Waals surface area (Å²) < 4.78 is 0. The van der Waals surface area contributed by atoms with Gasteiger partial charge in [-0.2, -0.15) is 0 Å². The molecule has 1 aromatic carbocycles. The Morgan fingerprint density at radius 1 is 1.53 bits per heavy atom. The number of anilines is 1. The molecule has 1 spiro atoms. The fourth-order valence-corrected chi connectivity index (χ4v) is 3.20. The molecule has 2 heterocycles. The van der Waals surface area contributed by atoms with Crippen molar-refractivity contribution in [2.45, 2.75) is 17.9 Å². The lowest BCUT2D eigenvalue weighted by molar-refractivity contribution is -0.120. The largest absolute Gasteiger partial charge is 0.395 e. The van der Waals surface area contributed by atoms with Crippen LogP contribution in [0.25, 0.3) is 0 Å². The first-order chi connectivity index (χ1) is 8.17. The average molecular weight is 253 g/mol. The Bertz CT molecular complexity index is 491.